The molecule has 0 aliphatic heterocycles. The molecule has 1 aliphatic rings. The molecule has 0 atom stereocenters. The maximum absolute atomic E-state index is 12.5. The van der Waals surface area contributed by atoms with Crippen molar-refractivity contribution >= 4 is 56.3 Å². The molecule has 1 aliphatic carbocycles. The number of halogens is 1. The number of benzene rings is 1. The van der Waals surface area contributed by atoms with Gasteiger partial charge in [0.1, 0.15) is 10.8 Å². The van der Waals surface area contributed by atoms with E-state index >= 15 is 0 Å². The van der Waals surface area contributed by atoms with E-state index in [2.05, 4.69) is 31.8 Å². The number of nitrogens with one attached hydrogen (secondary N) is 2. The van der Waals surface area contributed by atoms with Crippen LogP contribution in [0.2, 0.25) is 0 Å². The molecule has 0 spiro atoms. The van der Waals surface area contributed by atoms with Gasteiger partial charge in [0.05, 0.1) is 25.5 Å². The number of hydrogen-bond donors (Lipinski definition) is 2. The highest BCUT2D eigenvalue weighted by atomic mass is 79.9. The van der Waals surface area contributed by atoms with Crippen LogP contribution in [-0.4, -0.2) is 37.7 Å². The predicted molar refractivity (Wildman–Crippen MR) is 122 cm³/mol. The van der Waals surface area contributed by atoms with Gasteiger partial charge in [-0.1, -0.05) is 15.9 Å². The molecule has 2 amide bonds. The second-order valence-electron chi connectivity index (χ2n) is 6.68. The molecule has 2 aromatic rings. The number of ether oxygens (including phenoxy) is 2. The van der Waals surface area contributed by atoms with Crippen LogP contribution < -0.4 is 15.5 Å². The highest BCUT2D eigenvalue weighted by Gasteiger charge is 2.28. The molecule has 0 fully saturated rings. The molecule has 3 rings (SSSR count). The van der Waals surface area contributed by atoms with Crippen LogP contribution in [0.25, 0.3) is 0 Å². The molecule has 164 valence electrons. The van der Waals surface area contributed by atoms with Gasteiger partial charge < -0.3 is 14.8 Å². The lowest BCUT2D eigenvalue weighted by Gasteiger charge is -2.12. The van der Waals surface area contributed by atoms with Crippen molar-refractivity contribution in [3.05, 3.63) is 44.2 Å². The summed E-state index contributed by atoms with van der Waals surface area (Å²) in [6.07, 6.45) is 4.96. The first-order valence-corrected chi connectivity index (χ1v) is 11.3. The number of nitrogens with zero attached hydrogens (tertiary/aromatic N) is 1. The average Bonchev–Trinajstić information content (AvgIpc) is 3.11. The van der Waals surface area contributed by atoms with Gasteiger partial charge in [-0.25, -0.2) is 10.2 Å². The number of rotatable bonds is 6. The molecule has 0 radical (unpaired) electrons. The van der Waals surface area contributed by atoms with Gasteiger partial charge in [0, 0.05) is 14.9 Å². The second kappa shape index (κ2) is 10.5. The standard InChI is InChI=1S/C21H22BrN3O5S/c1-3-30-21(28)17-14-6-4-5-7-16(14)31-20(17)24-18(26)19(27)25-23-11-12-10-13(22)8-9-15(12)29-2/h8-11H,3-7H2,1-2H3,(H,24,26)(H,25,27)/b23-11+. The molecular formula is C21H22BrN3O5S. The molecule has 1 heterocycles. The van der Waals surface area contributed by atoms with E-state index in [-0.39, 0.29) is 6.61 Å². The van der Waals surface area contributed by atoms with Crippen molar-refractivity contribution < 1.29 is 23.9 Å². The minimum atomic E-state index is -0.952. The SMILES string of the molecule is CCOC(=O)c1c(NC(=O)C(=O)N/N=C/c2cc(Br)ccc2OC)sc2c1CCCC2. The van der Waals surface area contributed by atoms with Crippen LogP contribution >= 0.6 is 27.3 Å². The Morgan fingerprint density at radius 2 is 2.00 bits per heavy atom. The Labute approximate surface area is 192 Å². The third-order valence-corrected chi connectivity index (χ3v) is 6.35. The lowest BCUT2D eigenvalue weighted by atomic mass is 9.95. The Hall–Kier alpha value is -2.72. The Kier molecular flexibility index (Phi) is 7.80. The van der Waals surface area contributed by atoms with Gasteiger partial charge in [0.2, 0.25) is 0 Å². The van der Waals surface area contributed by atoms with Crippen LogP contribution in [-0.2, 0) is 27.2 Å². The quantitative estimate of drug-likeness (QED) is 0.268. The van der Waals surface area contributed by atoms with Crippen molar-refractivity contribution in [1.82, 2.24) is 5.43 Å². The number of fused-ring (bicyclic) bond motifs is 1. The van der Waals surface area contributed by atoms with Crippen molar-refractivity contribution in [2.24, 2.45) is 5.10 Å². The fourth-order valence-electron chi connectivity index (χ4n) is 3.25. The van der Waals surface area contributed by atoms with Crippen molar-refractivity contribution in [3.63, 3.8) is 0 Å². The van der Waals surface area contributed by atoms with Crippen molar-refractivity contribution in [1.29, 1.82) is 0 Å². The summed E-state index contributed by atoms with van der Waals surface area (Å²) < 4.78 is 11.2. The fraction of sp³-hybridized carbons (Fsp3) is 0.333. The summed E-state index contributed by atoms with van der Waals surface area (Å²) in [4.78, 5) is 38.1. The van der Waals surface area contributed by atoms with Crippen LogP contribution in [0, 0.1) is 0 Å². The molecule has 8 nitrogen and oxygen atoms in total. The summed E-state index contributed by atoms with van der Waals surface area (Å²) in [6, 6.07) is 5.32. The highest BCUT2D eigenvalue weighted by molar-refractivity contribution is 9.10. The number of methoxy groups -OCH3 is 1. The maximum Gasteiger partial charge on any atom is 0.341 e. The number of hydrogen-bond acceptors (Lipinski definition) is 7. The lowest BCUT2D eigenvalue weighted by molar-refractivity contribution is -0.136. The molecule has 0 saturated carbocycles. The van der Waals surface area contributed by atoms with Crippen LogP contribution in [0.15, 0.2) is 27.8 Å². The Morgan fingerprint density at radius 3 is 2.74 bits per heavy atom. The number of aryl methyl sites for hydroxylation is 1. The zero-order valence-corrected chi connectivity index (χ0v) is 19.5. The molecule has 1 aromatic carbocycles. The number of carbonyl (C=O) groups excluding carboxylic acids is 3. The first-order valence-electron chi connectivity index (χ1n) is 9.74. The summed E-state index contributed by atoms with van der Waals surface area (Å²) in [5.74, 6) is -1.79. The van der Waals surface area contributed by atoms with Crippen molar-refractivity contribution in [2.45, 2.75) is 32.6 Å². The number of amides is 2. The normalized spacial score (nSPS) is 12.9. The molecule has 0 saturated heterocycles. The van der Waals surface area contributed by atoms with Crippen molar-refractivity contribution in [2.75, 3.05) is 19.0 Å². The molecule has 0 unspecified atom stereocenters. The average molecular weight is 508 g/mol. The number of hydrazone groups is 1. The molecule has 10 heteroatoms. The summed E-state index contributed by atoms with van der Waals surface area (Å²) >= 11 is 4.67. The van der Waals surface area contributed by atoms with E-state index in [4.69, 9.17) is 9.47 Å². The van der Waals surface area contributed by atoms with E-state index in [1.165, 1.54) is 24.7 Å². The first-order chi connectivity index (χ1) is 14.9. The molecule has 1 aromatic heterocycles. The molecule has 0 bridgehead atoms. The Morgan fingerprint density at radius 1 is 1.23 bits per heavy atom. The minimum Gasteiger partial charge on any atom is -0.496 e. The number of esters is 1. The highest BCUT2D eigenvalue weighted by Crippen LogP contribution is 2.38. The Balaban J connectivity index is 1.71. The summed E-state index contributed by atoms with van der Waals surface area (Å²) in [5, 5.41) is 6.72. The molecule has 2 N–H and O–H groups in total. The third kappa shape index (κ3) is 5.50. The van der Waals surface area contributed by atoms with Gasteiger partial charge >= 0.3 is 17.8 Å². The first kappa shape index (κ1) is 23.0. The summed E-state index contributed by atoms with van der Waals surface area (Å²) in [5.41, 5.74) is 4.07. The van der Waals surface area contributed by atoms with Gasteiger partial charge in [-0.2, -0.15) is 5.10 Å². The zero-order chi connectivity index (χ0) is 22.4. The van der Waals surface area contributed by atoms with E-state index in [1.54, 1.807) is 19.1 Å². The van der Waals surface area contributed by atoms with Gasteiger partial charge in [0.15, 0.2) is 0 Å². The third-order valence-electron chi connectivity index (χ3n) is 4.65. The Bertz CT molecular complexity index is 1030. The van der Waals surface area contributed by atoms with E-state index in [1.807, 2.05) is 6.07 Å². The monoisotopic (exact) mass is 507 g/mol. The van der Waals surface area contributed by atoms with Gasteiger partial charge in [-0.15, -0.1) is 11.3 Å². The smallest absolute Gasteiger partial charge is 0.341 e. The van der Waals surface area contributed by atoms with Gasteiger partial charge in [0.25, 0.3) is 0 Å². The van der Waals surface area contributed by atoms with Crippen LogP contribution in [0.3, 0.4) is 0 Å². The number of anilines is 1. The lowest BCUT2D eigenvalue weighted by Crippen LogP contribution is -2.32. The van der Waals surface area contributed by atoms with Crippen LogP contribution in [0.1, 0.15) is 46.1 Å². The second-order valence-corrected chi connectivity index (χ2v) is 8.70. The van der Waals surface area contributed by atoms with E-state index in [0.29, 0.717) is 21.9 Å². The van der Waals surface area contributed by atoms with Gasteiger partial charge in [-0.05, 0) is 56.4 Å². The maximum atomic E-state index is 12.5. The van der Waals surface area contributed by atoms with Crippen molar-refractivity contribution in [3.8, 4) is 5.75 Å². The summed E-state index contributed by atoms with van der Waals surface area (Å²) in [6.45, 7) is 1.95. The number of thiophene rings is 1. The predicted octanol–water partition coefficient (Wildman–Crippen LogP) is 3.66. The minimum absolute atomic E-state index is 0.227. The largest absolute Gasteiger partial charge is 0.496 e. The van der Waals surface area contributed by atoms with Crippen LogP contribution in [0.4, 0.5) is 5.00 Å². The molecular weight excluding hydrogens is 486 g/mol. The zero-order valence-electron chi connectivity index (χ0n) is 17.1. The fourth-order valence-corrected chi connectivity index (χ4v) is 4.90. The number of carbonyl (C=O) groups is 3. The van der Waals surface area contributed by atoms with E-state index < -0.39 is 17.8 Å². The molecule has 31 heavy (non-hydrogen) atoms. The topological polar surface area (TPSA) is 106 Å². The van der Waals surface area contributed by atoms with Gasteiger partial charge in [-0.3, -0.25) is 9.59 Å². The summed E-state index contributed by atoms with van der Waals surface area (Å²) in [7, 11) is 1.52. The van der Waals surface area contributed by atoms with Crippen LogP contribution in [0.5, 0.6) is 5.75 Å². The van der Waals surface area contributed by atoms with E-state index in [0.717, 1.165) is 40.6 Å². The van der Waals surface area contributed by atoms with E-state index in [9.17, 15) is 14.4 Å².